The van der Waals surface area contributed by atoms with Crippen LogP contribution in [0.2, 0.25) is 0 Å². The monoisotopic (exact) mass is 618 g/mol. The predicted molar refractivity (Wildman–Crippen MR) is 195 cm³/mol. The minimum absolute atomic E-state index is 0.00245. The SMILES string of the molecule is Cc1nn(-c2cccc(Oc3ccc4c5cc(C(C)(C)C)ccc5n(-c5cc(C(C)(C)C)ccn5)c4c3)c2)c(C)c1-c1ccccc1. The molecular weight excluding hydrogens is 576 g/mol. The zero-order chi connectivity index (χ0) is 33.1. The zero-order valence-electron chi connectivity index (χ0n) is 28.6. The average Bonchev–Trinajstić information content (AvgIpc) is 3.53. The van der Waals surface area contributed by atoms with Crippen LogP contribution < -0.4 is 4.74 Å². The standard InChI is InChI=1S/C42H42N4O/c1-27-40(29-13-10-9-11-14-29)28(2)46(44-27)32-15-12-16-33(25-32)47-34-18-19-35-36-23-30(41(3,4)5)17-20-37(36)45(38(35)26-34)39-24-31(21-22-43-39)42(6,7)8/h9-26H,1-8H3. The van der Waals surface area contributed by atoms with Crippen molar-refractivity contribution in [1.29, 1.82) is 0 Å². The molecule has 0 fully saturated rings. The van der Waals surface area contributed by atoms with E-state index in [2.05, 4.69) is 145 Å². The van der Waals surface area contributed by atoms with Gasteiger partial charge in [-0.05, 0) is 89.9 Å². The molecule has 0 N–H and O–H groups in total. The van der Waals surface area contributed by atoms with Crippen molar-refractivity contribution in [2.45, 2.75) is 66.2 Å². The largest absolute Gasteiger partial charge is 0.457 e. The van der Waals surface area contributed by atoms with Gasteiger partial charge < -0.3 is 4.74 Å². The van der Waals surface area contributed by atoms with Crippen molar-refractivity contribution in [3.8, 4) is 34.1 Å². The Morgan fingerprint density at radius 2 is 1.34 bits per heavy atom. The van der Waals surface area contributed by atoms with Crippen LogP contribution in [0.5, 0.6) is 11.5 Å². The minimum atomic E-state index is 0.00245. The fourth-order valence-corrected chi connectivity index (χ4v) is 6.52. The van der Waals surface area contributed by atoms with E-state index >= 15 is 0 Å². The molecule has 7 rings (SSSR count). The third kappa shape index (κ3) is 5.61. The van der Waals surface area contributed by atoms with Crippen LogP contribution in [-0.2, 0) is 10.8 Å². The van der Waals surface area contributed by atoms with E-state index in [-0.39, 0.29) is 10.8 Å². The maximum absolute atomic E-state index is 6.58. The molecule has 0 radical (unpaired) electrons. The van der Waals surface area contributed by atoms with Crippen LogP contribution in [0.25, 0.3) is 44.4 Å². The number of hydrogen-bond donors (Lipinski definition) is 0. The highest BCUT2D eigenvalue weighted by molar-refractivity contribution is 6.09. The first-order valence-electron chi connectivity index (χ1n) is 16.3. The lowest BCUT2D eigenvalue weighted by Crippen LogP contribution is -2.12. The molecule has 0 aliphatic rings. The molecule has 5 heteroatoms. The number of pyridine rings is 1. The Balaban J connectivity index is 1.32. The Bertz CT molecular complexity index is 2260. The smallest absolute Gasteiger partial charge is 0.137 e. The first kappa shape index (κ1) is 30.5. The maximum atomic E-state index is 6.58. The van der Waals surface area contributed by atoms with Gasteiger partial charge in [-0.15, -0.1) is 0 Å². The van der Waals surface area contributed by atoms with Crippen LogP contribution in [0.3, 0.4) is 0 Å². The summed E-state index contributed by atoms with van der Waals surface area (Å²) in [6.45, 7) is 17.7. The van der Waals surface area contributed by atoms with Crippen molar-refractivity contribution in [3.63, 3.8) is 0 Å². The molecule has 3 heterocycles. The lowest BCUT2D eigenvalue weighted by atomic mass is 9.86. The molecule has 0 aliphatic heterocycles. The molecule has 0 amide bonds. The third-order valence-corrected chi connectivity index (χ3v) is 9.10. The Hall–Kier alpha value is -5.16. The molecule has 0 bridgehead atoms. The van der Waals surface area contributed by atoms with Gasteiger partial charge in [-0.1, -0.05) is 84.0 Å². The van der Waals surface area contributed by atoms with E-state index < -0.39 is 0 Å². The molecule has 0 unspecified atom stereocenters. The molecule has 4 aromatic carbocycles. The molecule has 0 spiro atoms. The van der Waals surface area contributed by atoms with Gasteiger partial charge in [-0.2, -0.15) is 5.10 Å². The summed E-state index contributed by atoms with van der Waals surface area (Å²) in [7, 11) is 0. The molecule has 7 aromatic rings. The summed E-state index contributed by atoms with van der Waals surface area (Å²) < 4.78 is 10.9. The minimum Gasteiger partial charge on any atom is -0.457 e. The van der Waals surface area contributed by atoms with E-state index in [1.807, 2.05) is 29.1 Å². The summed E-state index contributed by atoms with van der Waals surface area (Å²) in [5.74, 6) is 2.42. The number of rotatable bonds is 5. The molecule has 3 aromatic heterocycles. The summed E-state index contributed by atoms with van der Waals surface area (Å²) in [5.41, 5.74) is 10.2. The summed E-state index contributed by atoms with van der Waals surface area (Å²) in [5, 5.41) is 7.30. The van der Waals surface area contributed by atoms with Crippen LogP contribution >= 0.6 is 0 Å². The van der Waals surface area contributed by atoms with Crippen molar-refractivity contribution >= 4 is 21.8 Å². The van der Waals surface area contributed by atoms with Crippen molar-refractivity contribution in [1.82, 2.24) is 19.3 Å². The summed E-state index contributed by atoms with van der Waals surface area (Å²) in [4.78, 5) is 4.88. The second kappa shape index (κ2) is 11.3. The molecule has 47 heavy (non-hydrogen) atoms. The van der Waals surface area contributed by atoms with Gasteiger partial charge in [-0.25, -0.2) is 9.67 Å². The van der Waals surface area contributed by atoms with Gasteiger partial charge >= 0.3 is 0 Å². The van der Waals surface area contributed by atoms with Crippen molar-refractivity contribution < 1.29 is 4.74 Å². The van der Waals surface area contributed by atoms with Gasteiger partial charge in [0.1, 0.15) is 17.3 Å². The zero-order valence-corrected chi connectivity index (χ0v) is 28.6. The predicted octanol–water partition coefficient (Wildman–Crippen LogP) is 11.0. The highest BCUT2D eigenvalue weighted by Crippen LogP contribution is 2.38. The van der Waals surface area contributed by atoms with E-state index in [0.29, 0.717) is 0 Å². The highest BCUT2D eigenvalue weighted by atomic mass is 16.5. The summed E-state index contributed by atoms with van der Waals surface area (Å²) in [6, 6.07) is 36.1. The number of hydrogen-bond acceptors (Lipinski definition) is 3. The molecule has 0 saturated heterocycles. The van der Waals surface area contributed by atoms with Gasteiger partial charge in [0.2, 0.25) is 0 Å². The number of fused-ring (bicyclic) bond motifs is 3. The summed E-state index contributed by atoms with van der Waals surface area (Å²) >= 11 is 0. The molecule has 5 nitrogen and oxygen atoms in total. The van der Waals surface area contributed by atoms with E-state index in [4.69, 9.17) is 14.8 Å². The maximum Gasteiger partial charge on any atom is 0.137 e. The number of ether oxygens (including phenoxy) is 1. The van der Waals surface area contributed by atoms with Gasteiger partial charge in [0.15, 0.2) is 0 Å². The molecular formula is C42H42N4O. The Kier molecular flexibility index (Phi) is 7.31. The number of benzene rings is 4. The normalized spacial score (nSPS) is 12.3. The molecule has 0 atom stereocenters. The molecule has 236 valence electrons. The topological polar surface area (TPSA) is 44.9 Å². The first-order valence-corrected chi connectivity index (χ1v) is 16.3. The fraction of sp³-hybridized carbons (Fsp3) is 0.238. The van der Waals surface area contributed by atoms with Gasteiger partial charge in [0, 0.05) is 40.4 Å². The Morgan fingerprint density at radius 3 is 2.09 bits per heavy atom. The van der Waals surface area contributed by atoms with Crippen LogP contribution in [0.4, 0.5) is 0 Å². The third-order valence-electron chi connectivity index (χ3n) is 9.10. The second-order valence-corrected chi connectivity index (χ2v) is 14.6. The van der Waals surface area contributed by atoms with Gasteiger partial charge in [0.25, 0.3) is 0 Å². The Morgan fingerprint density at radius 1 is 0.617 bits per heavy atom. The fourth-order valence-electron chi connectivity index (χ4n) is 6.52. The molecule has 0 aliphatic carbocycles. The van der Waals surface area contributed by atoms with E-state index in [0.717, 1.165) is 51.0 Å². The number of nitrogens with zero attached hydrogens (tertiary/aromatic N) is 4. The van der Waals surface area contributed by atoms with Crippen LogP contribution in [-0.4, -0.2) is 19.3 Å². The Labute approximate surface area is 277 Å². The number of aromatic nitrogens is 4. The van der Waals surface area contributed by atoms with E-state index in [1.54, 1.807) is 0 Å². The van der Waals surface area contributed by atoms with Gasteiger partial charge in [-0.3, -0.25) is 4.57 Å². The second-order valence-electron chi connectivity index (χ2n) is 14.6. The average molecular weight is 619 g/mol. The highest BCUT2D eigenvalue weighted by Gasteiger charge is 2.21. The lowest BCUT2D eigenvalue weighted by molar-refractivity contribution is 0.482. The first-order chi connectivity index (χ1) is 22.4. The van der Waals surface area contributed by atoms with Crippen molar-refractivity contribution in [2.24, 2.45) is 0 Å². The summed E-state index contributed by atoms with van der Waals surface area (Å²) in [6.07, 6.45) is 1.92. The van der Waals surface area contributed by atoms with Gasteiger partial charge in [0.05, 0.1) is 22.4 Å². The van der Waals surface area contributed by atoms with Crippen LogP contribution in [0, 0.1) is 13.8 Å². The lowest BCUT2D eigenvalue weighted by Gasteiger charge is -2.20. The van der Waals surface area contributed by atoms with E-state index in [9.17, 15) is 0 Å². The van der Waals surface area contributed by atoms with Crippen molar-refractivity contribution in [3.05, 3.63) is 132 Å². The van der Waals surface area contributed by atoms with E-state index in [1.165, 1.54) is 27.5 Å². The van der Waals surface area contributed by atoms with Crippen LogP contribution in [0.1, 0.15) is 64.1 Å². The number of aryl methyl sites for hydroxylation is 1. The quantitative estimate of drug-likeness (QED) is 0.193. The van der Waals surface area contributed by atoms with Crippen molar-refractivity contribution in [2.75, 3.05) is 0 Å². The van der Waals surface area contributed by atoms with Crippen LogP contribution in [0.15, 0.2) is 109 Å². The molecule has 0 saturated carbocycles.